The number of hydrogen-bond donors (Lipinski definition) is 2. The molecule has 2 unspecified atom stereocenters. The maximum atomic E-state index is 12.2. The second kappa shape index (κ2) is 7.25. The molecular formula is C18H28N2O2. The van der Waals surface area contributed by atoms with Crippen molar-refractivity contribution in [3.8, 4) is 0 Å². The maximum absolute atomic E-state index is 12.2. The van der Waals surface area contributed by atoms with E-state index in [2.05, 4.69) is 31.0 Å². The van der Waals surface area contributed by atoms with Gasteiger partial charge in [-0.05, 0) is 44.7 Å². The Balaban J connectivity index is 1.89. The number of aliphatic hydroxyl groups is 1. The Labute approximate surface area is 133 Å². The van der Waals surface area contributed by atoms with Crippen molar-refractivity contribution in [1.29, 1.82) is 0 Å². The minimum absolute atomic E-state index is 0.0965. The van der Waals surface area contributed by atoms with Crippen LogP contribution in [0.25, 0.3) is 0 Å². The van der Waals surface area contributed by atoms with Crippen LogP contribution in [0.4, 0.5) is 0 Å². The van der Waals surface area contributed by atoms with Gasteiger partial charge in [-0.1, -0.05) is 37.3 Å². The molecule has 2 N–H and O–H groups in total. The number of carbonyl (C=O) groups is 1. The molecule has 0 aromatic heterocycles. The molecule has 0 spiro atoms. The van der Waals surface area contributed by atoms with E-state index < -0.39 is 6.10 Å². The third kappa shape index (κ3) is 4.31. The van der Waals surface area contributed by atoms with Crippen LogP contribution in [0.5, 0.6) is 0 Å². The van der Waals surface area contributed by atoms with Gasteiger partial charge in [-0.15, -0.1) is 0 Å². The summed E-state index contributed by atoms with van der Waals surface area (Å²) in [5.74, 6) is 0.378. The Morgan fingerprint density at radius 2 is 2.09 bits per heavy atom. The first-order chi connectivity index (χ1) is 10.4. The van der Waals surface area contributed by atoms with E-state index in [0.29, 0.717) is 18.0 Å². The van der Waals surface area contributed by atoms with Gasteiger partial charge >= 0.3 is 0 Å². The van der Waals surface area contributed by atoms with E-state index in [1.165, 1.54) is 12.8 Å². The molecule has 1 aliphatic rings. The van der Waals surface area contributed by atoms with E-state index >= 15 is 0 Å². The fourth-order valence-electron chi connectivity index (χ4n) is 3.04. The van der Waals surface area contributed by atoms with Crippen molar-refractivity contribution in [3.63, 3.8) is 0 Å². The molecule has 1 saturated heterocycles. The van der Waals surface area contributed by atoms with Gasteiger partial charge in [0.05, 0.1) is 0 Å². The molecule has 1 aliphatic heterocycles. The summed E-state index contributed by atoms with van der Waals surface area (Å²) >= 11 is 0. The van der Waals surface area contributed by atoms with Gasteiger partial charge in [0.1, 0.15) is 0 Å². The first-order valence-corrected chi connectivity index (χ1v) is 8.16. The summed E-state index contributed by atoms with van der Waals surface area (Å²) in [6.45, 7) is 9.28. The molecule has 0 saturated carbocycles. The lowest BCUT2D eigenvalue weighted by molar-refractivity contribution is -0.130. The van der Waals surface area contributed by atoms with Gasteiger partial charge in [0.25, 0.3) is 5.91 Å². The molecule has 1 heterocycles. The fraction of sp³-hybridized carbons (Fsp3) is 0.611. The molecule has 2 atom stereocenters. The molecule has 122 valence electrons. The zero-order chi connectivity index (χ0) is 16.2. The molecule has 1 fully saturated rings. The van der Waals surface area contributed by atoms with Crippen LogP contribution in [0.2, 0.25) is 0 Å². The monoisotopic (exact) mass is 304 g/mol. The molecule has 1 aromatic carbocycles. The lowest BCUT2D eigenvalue weighted by atomic mass is 9.93. The lowest BCUT2D eigenvalue weighted by Crippen LogP contribution is -2.55. The predicted octanol–water partition coefficient (Wildman–Crippen LogP) is 2.35. The van der Waals surface area contributed by atoms with Crippen LogP contribution >= 0.6 is 0 Å². The maximum Gasteiger partial charge on any atom is 0.253 e. The third-order valence-corrected chi connectivity index (χ3v) is 4.57. The molecule has 22 heavy (non-hydrogen) atoms. The van der Waals surface area contributed by atoms with E-state index in [0.717, 1.165) is 13.1 Å². The highest BCUT2D eigenvalue weighted by molar-refractivity contribution is 5.81. The summed E-state index contributed by atoms with van der Waals surface area (Å²) in [4.78, 5) is 14.6. The van der Waals surface area contributed by atoms with E-state index in [-0.39, 0.29) is 11.4 Å². The zero-order valence-corrected chi connectivity index (χ0v) is 13.9. The smallest absolute Gasteiger partial charge is 0.253 e. The summed E-state index contributed by atoms with van der Waals surface area (Å²) in [6, 6.07) is 9.05. The molecule has 0 aliphatic carbocycles. The van der Waals surface area contributed by atoms with Crippen LogP contribution in [-0.2, 0) is 4.79 Å². The third-order valence-electron chi connectivity index (χ3n) is 4.57. The largest absolute Gasteiger partial charge is 0.378 e. The van der Waals surface area contributed by atoms with E-state index in [4.69, 9.17) is 0 Å². The molecule has 1 aromatic rings. The van der Waals surface area contributed by atoms with Gasteiger partial charge in [0.15, 0.2) is 6.10 Å². The Hall–Kier alpha value is -1.39. The summed E-state index contributed by atoms with van der Waals surface area (Å²) in [5.41, 5.74) is 0.533. The number of nitrogens with one attached hydrogen (secondary N) is 1. The summed E-state index contributed by atoms with van der Waals surface area (Å²) in [5, 5.41) is 13.0. The normalized spacial score (nSPS) is 21.4. The number of amides is 1. The van der Waals surface area contributed by atoms with Crippen molar-refractivity contribution >= 4 is 5.91 Å². The summed E-state index contributed by atoms with van der Waals surface area (Å²) in [6.07, 6.45) is 1.40. The van der Waals surface area contributed by atoms with E-state index in [1.54, 1.807) is 12.1 Å². The zero-order valence-electron chi connectivity index (χ0n) is 13.9. The Morgan fingerprint density at radius 1 is 1.41 bits per heavy atom. The number of piperidine rings is 1. The highest BCUT2D eigenvalue weighted by Gasteiger charge is 2.31. The van der Waals surface area contributed by atoms with Crippen LogP contribution < -0.4 is 5.32 Å². The number of benzene rings is 1. The second-order valence-corrected chi connectivity index (χ2v) is 7.04. The van der Waals surface area contributed by atoms with Gasteiger partial charge in [0.2, 0.25) is 0 Å². The minimum atomic E-state index is -1.10. The standard InChI is InChI=1S/C18H28N2O2/c1-14-8-7-11-20(12-14)18(2,3)13-19-17(22)16(21)15-9-5-4-6-10-15/h4-6,9-10,14,16,21H,7-8,11-13H2,1-3H3,(H,19,22). The van der Waals surface area contributed by atoms with E-state index in [9.17, 15) is 9.90 Å². The fourth-order valence-corrected chi connectivity index (χ4v) is 3.04. The number of aliphatic hydroxyl groups excluding tert-OH is 1. The predicted molar refractivity (Wildman–Crippen MR) is 88.5 cm³/mol. The molecular weight excluding hydrogens is 276 g/mol. The molecule has 2 rings (SSSR count). The second-order valence-electron chi connectivity index (χ2n) is 7.04. The van der Waals surface area contributed by atoms with Gasteiger partial charge in [0, 0.05) is 18.6 Å². The SMILES string of the molecule is CC1CCCN(C(C)(C)CNC(=O)C(O)c2ccccc2)C1. The average Bonchev–Trinajstić information content (AvgIpc) is 2.53. The van der Waals surface area contributed by atoms with Crippen molar-refractivity contribution in [3.05, 3.63) is 35.9 Å². The average molecular weight is 304 g/mol. The minimum Gasteiger partial charge on any atom is -0.378 e. The summed E-state index contributed by atoms with van der Waals surface area (Å²) < 4.78 is 0. The first kappa shape index (κ1) is 17.0. The first-order valence-electron chi connectivity index (χ1n) is 8.16. The van der Waals surface area contributed by atoms with Crippen LogP contribution in [-0.4, -0.2) is 41.1 Å². The molecule has 4 nitrogen and oxygen atoms in total. The molecule has 0 radical (unpaired) electrons. The number of rotatable bonds is 5. The van der Waals surface area contributed by atoms with Crippen molar-refractivity contribution in [2.75, 3.05) is 19.6 Å². The van der Waals surface area contributed by atoms with Gasteiger partial charge in [-0.3, -0.25) is 9.69 Å². The van der Waals surface area contributed by atoms with Crippen molar-refractivity contribution in [2.24, 2.45) is 5.92 Å². The number of hydrogen-bond acceptors (Lipinski definition) is 3. The van der Waals surface area contributed by atoms with Crippen LogP contribution in [0.3, 0.4) is 0 Å². The number of nitrogens with zero attached hydrogens (tertiary/aromatic N) is 1. The Kier molecular flexibility index (Phi) is 5.59. The number of likely N-dealkylation sites (tertiary alicyclic amines) is 1. The topological polar surface area (TPSA) is 52.6 Å². The van der Waals surface area contributed by atoms with Crippen molar-refractivity contribution in [2.45, 2.75) is 45.3 Å². The highest BCUT2D eigenvalue weighted by Crippen LogP contribution is 2.23. The van der Waals surface area contributed by atoms with Crippen molar-refractivity contribution in [1.82, 2.24) is 10.2 Å². The van der Waals surface area contributed by atoms with Crippen LogP contribution in [0.1, 0.15) is 45.3 Å². The van der Waals surface area contributed by atoms with E-state index in [1.807, 2.05) is 18.2 Å². The molecule has 0 bridgehead atoms. The Bertz CT molecular complexity index is 487. The lowest BCUT2D eigenvalue weighted by Gasteiger charge is -2.43. The van der Waals surface area contributed by atoms with Crippen LogP contribution in [0, 0.1) is 5.92 Å². The number of carbonyl (C=O) groups excluding carboxylic acids is 1. The molecule has 1 amide bonds. The van der Waals surface area contributed by atoms with Gasteiger partial charge in [-0.2, -0.15) is 0 Å². The van der Waals surface area contributed by atoms with Crippen LogP contribution in [0.15, 0.2) is 30.3 Å². The van der Waals surface area contributed by atoms with Gasteiger partial charge < -0.3 is 10.4 Å². The molecule has 4 heteroatoms. The van der Waals surface area contributed by atoms with Crippen molar-refractivity contribution < 1.29 is 9.90 Å². The van der Waals surface area contributed by atoms with Gasteiger partial charge in [-0.25, -0.2) is 0 Å². The summed E-state index contributed by atoms with van der Waals surface area (Å²) in [7, 11) is 0. The Morgan fingerprint density at radius 3 is 2.73 bits per heavy atom. The highest BCUT2D eigenvalue weighted by atomic mass is 16.3. The quantitative estimate of drug-likeness (QED) is 0.878.